The van der Waals surface area contributed by atoms with Gasteiger partial charge in [0, 0.05) is 12.5 Å². The number of ether oxygens (including phenoxy) is 1. The molecule has 0 aromatic heterocycles. The van der Waals surface area contributed by atoms with Gasteiger partial charge in [-0.1, -0.05) is 46.8 Å². The largest absolute Gasteiger partial charge is 0.497 e. The van der Waals surface area contributed by atoms with Crippen molar-refractivity contribution < 1.29 is 9.53 Å². The van der Waals surface area contributed by atoms with Crippen molar-refractivity contribution >= 4 is 5.91 Å². The SMILES string of the molecule is CC[C@@H](C)C(=O)NCC[C@@H](C)C[C@H](C)[C@H](C)Cc1ccc(OC)cc1. The molecule has 0 radical (unpaired) electrons. The third kappa shape index (κ3) is 7.94. The van der Waals surface area contributed by atoms with Gasteiger partial charge in [-0.3, -0.25) is 4.79 Å². The molecule has 1 aromatic carbocycles. The lowest BCUT2D eigenvalue weighted by Gasteiger charge is -2.24. The summed E-state index contributed by atoms with van der Waals surface area (Å²) in [5.41, 5.74) is 1.37. The first-order valence-corrected chi connectivity index (χ1v) is 9.77. The van der Waals surface area contributed by atoms with Crippen LogP contribution >= 0.6 is 0 Å². The summed E-state index contributed by atoms with van der Waals surface area (Å²) in [7, 11) is 1.70. The molecule has 3 nitrogen and oxygen atoms in total. The van der Waals surface area contributed by atoms with Gasteiger partial charge in [0.15, 0.2) is 0 Å². The lowest BCUT2D eigenvalue weighted by molar-refractivity contribution is -0.124. The Kier molecular flexibility index (Phi) is 9.62. The molecular weight excluding hydrogens is 310 g/mol. The Morgan fingerprint density at radius 2 is 1.72 bits per heavy atom. The Hall–Kier alpha value is -1.51. The van der Waals surface area contributed by atoms with Crippen molar-refractivity contribution in [3.8, 4) is 5.75 Å². The molecule has 0 fully saturated rings. The molecule has 1 rings (SSSR count). The molecule has 0 bridgehead atoms. The van der Waals surface area contributed by atoms with Gasteiger partial charge in [-0.15, -0.1) is 0 Å². The molecule has 25 heavy (non-hydrogen) atoms. The summed E-state index contributed by atoms with van der Waals surface area (Å²) >= 11 is 0. The molecular formula is C22H37NO2. The van der Waals surface area contributed by atoms with Gasteiger partial charge >= 0.3 is 0 Å². The zero-order chi connectivity index (χ0) is 18.8. The predicted octanol–water partition coefficient (Wildman–Crippen LogP) is 5.09. The van der Waals surface area contributed by atoms with E-state index in [4.69, 9.17) is 4.74 Å². The van der Waals surface area contributed by atoms with E-state index in [1.165, 1.54) is 12.0 Å². The van der Waals surface area contributed by atoms with Crippen LogP contribution in [0.15, 0.2) is 24.3 Å². The van der Waals surface area contributed by atoms with Crippen molar-refractivity contribution in [2.45, 2.75) is 60.3 Å². The minimum Gasteiger partial charge on any atom is -0.497 e. The average molecular weight is 348 g/mol. The maximum absolute atomic E-state index is 11.8. The van der Waals surface area contributed by atoms with Crippen LogP contribution in [0.1, 0.15) is 59.4 Å². The van der Waals surface area contributed by atoms with E-state index in [1.807, 2.05) is 19.1 Å². The average Bonchev–Trinajstić information content (AvgIpc) is 2.61. The molecule has 1 N–H and O–H groups in total. The van der Waals surface area contributed by atoms with Crippen LogP contribution in [-0.2, 0) is 11.2 Å². The fraction of sp³-hybridized carbons (Fsp3) is 0.682. The summed E-state index contributed by atoms with van der Waals surface area (Å²) in [4.78, 5) is 11.8. The molecule has 4 atom stereocenters. The molecule has 0 heterocycles. The number of carbonyl (C=O) groups excluding carboxylic acids is 1. The van der Waals surface area contributed by atoms with Crippen molar-refractivity contribution in [2.75, 3.05) is 13.7 Å². The van der Waals surface area contributed by atoms with Crippen molar-refractivity contribution in [1.29, 1.82) is 0 Å². The van der Waals surface area contributed by atoms with Gasteiger partial charge in [0.1, 0.15) is 5.75 Å². The Labute approximate surface area is 154 Å². The van der Waals surface area contributed by atoms with E-state index in [1.54, 1.807) is 7.11 Å². The lowest BCUT2D eigenvalue weighted by atomic mass is 9.83. The molecule has 0 spiro atoms. The Morgan fingerprint density at radius 1 is 1.08 bits per heavy atom. The molecule has 0 aliphatic rings. The van der Waals surface area contributed by atoms with E-state index in [0.29, 0.717) is 17.8 Å². The maximum atomic E-state index is 11.8. The molecule has 0 aliphatic heterocycles. The van der Waals surface area contributed by atoms with Crippen molar-refractivity contribution in [1.82, 2.24) is 5.32 Å². The minimum absolute atomic E-state index is 0.124. The number of hydrogen-bond donors (Lipinski definition) is 1. The van der Waals surface area contributed by atoms with Crippen molar-refractivity contribution in [3.05, 3.63) is 29.8 Å². The fourth-order valence-corrected chi connectivity index (χ4v) is 3.12. The fourth-order valence-electron chi connectivity index (χ4n) is 3.12. The molecule has 1 amide bonds. The number of methoxy groups -OCH3 is 1. The first-order chi connectivity index (χ1) is 11.9. The number of nitrogens with one attached hydrogen (secondary N) is 1. The predicted molar refractivity (Wildman–Crippen MR) is 106 cm³/mol. The number of rotatable bonds is 11. The summed E-state index contributed by atoms with van der Waals surface area (Å²) < 4.78 is 5.22. The van der Waals surface area contributed by atoms with Gasteiger partial charge < -0.3 is 10.1 Å². The number of amides is 1. The van der Waals surface area contributed by atoms with Crippen LogP contribution in [0.3, 0.4) is 0 Å². The highest BCUT2D eigenvalue weighted by Crippen LogP contribution is 2.25. The summed E-state index contributed by atoms with van der Waals surface area (Å²) in [5.74, 6) is 3.17. The van der Waals surface area contributed by atoms with E-state index in [9.17, 15) is 4.79 Å². The number of hydrogen-bond acceptors (Lipinski definition) is 2. The van der Waals surface area contributed by atoms with Gasteiger partial charge in [0.05, 0.1) is 7.11 Å². The first-order valence-electron chi connectivity index (χ1n) is 9.77. The number of carbonyl (C=O) groups is 1. The molecule has 142 valence electrons. The van der Waals surface area contributed by atoms with Gasteiger partial charge in [-0.25, -0.2) is 0 Å². The lowest BCUT2D eigenvalue weighted by Crippen LogP contribution is -2.30. The quantitative estimate of drug-likeness (QED) is 0.605. The van der Waals surface area contributed by atoms with Gasteiger partial charge in [-0.05, 0) is 61.1 Å². The molecule has 0 saturated heterocycles. The smallest absolute Gasteiger partial charge is 0.222 e. The summed E-state index contributed by atoms with van der Waals surface area (Å²) in [6.45, 7) is 11.8. The van der Waals surface area contributed by atoms with E-state index in [0.717, 1.165) is 31.6 Å². The Bertz CT molecular complexity index is 497. The van der Waals surface area contributed by atoms with Crippen LogP contribution in [0.25, 0.3) is 0 Å². The van der Waals surface area contributed by atoms with Crippen LogP contribution in [0.2, 0.25) is 0 Å². The van der Waals surface area contributed by atoms with Crippen LogP contribution < -0.4 is 10.1 Å². The zero-order valence-electron chi connectivity index (χ0n) is 17.0. The summed E-state index contributed by atoms with van der Waals surface area (Å²) in [6.07, 6.45) is 4.27. The molecule has 0 unspecified atom stereocenters. The minimum atomic E-state index is 0.124. The normalized spacial score (nSPS) is 15.9. The second-order valence-electron chi connectivity index (χ2n) is 7.74. The molecule has 0 aliphatic carbocycles. The van der Waals surface area contributed by atoms with Crippen molar-refractivity contribution in [2.24, 2.45) is 23.7 Å². The van der Waals surface area contributed by atoms with Crippen LogP contribution in [0.4, 0.5) is 0 Å². The Morgan fingerprint density at radius 3 is 2.28 bits per heavy atom. The number of benzene rings is 1. The van der Waals surface area contributed by atoms with Crippen LogP contribution in [0.5, 0.6) is 5.75 Å². The first kappa shape index (κ1) is 21.5. The van der Waals surface area contributed by atoms with E-state index in [2.05, 4.69) is 45.1 Å². The second kappa shape index (κ2) is 11.2. The third-order valence-corrected chi connectivity index (χ3v) is 5.46. The topological polar surface area (TPSA) is 38.3 Å². The van der Waals surface area contributed by atoms with E-state index >= 15 is 0 Å². The Balaban J connectivity index is 2.33. The van der Waals surface area contributed by atoms with Gasteiger partial charge in [0.25, 0.3) is 0 Å². The maximum Gasteiger partial charge on any atom is 0.222 e. The second-order valence-corrected chi connectivity index (χ2v) is 7.74. The zero-order valence-corrected chi connectivity index (χ0v) is 17.0. The van der Waals surface area contributed by atoms with Crippen molar-refractivity contribution in [3.63, 3.8) is 0 Å². The van der Waals surface area contributed by atoms with E-state index < -0.39 is 0 Å². The highest BCUT2D eigenvalue weighted by Gasteiger charge is 2.17. The van der Waals surface area contributed by atoms with E-state index in [-0.39, 0.29) is 11.8 Å². The van der Waals surface area contributed by atoms with Gasteiger partial charge in [-0.2, -0.15) is 0 Å². The summed E-state index contributed by atoms with van der Waals surface area (Å²) in [6, 6.07) is 8.40. The standard InChI is InChI=1S/C22H37NO2/c1-7-17(3)22(24)23-13-12-16(2)14-18(4)19(5)15-20-8-10-21(25-6)11-9-20/h8-11,16-19H,7,12-15H2,1-6H3,(H,23,24)/t16-,17-,18+,19-/m1/s1. The van der Waals surface area contributed by atoms with Crippen LogP contribution in [-0.4, -0.2) is 19.6 Å². The molecule has 1 aromatic rings. The molecule has 0 saturated carbocycles. The summed E-state index contributed by atoms with van der Waals surface area (Å²) in [5, 5.41) is 3.07. The highest BCUT2D eigenvalue weighted by atomic mass is 16.5. The highest BCUT2D eigenvalue weighted by molar-refractivity contribution is 5.78. The monoisotopic (exact) mass is 347 g/mol. The van der Waals surface area contributed by atoms with Gasteiger partial charge in [0.2, 0.25) is 5.91 Å². The van der Waals surface area contributed by atoms with Crippen LogP contribution in [0, 0.1) is 23.7 Å². The molecule has 3 heteroatoms. The third-order valence-electron chi connectivity index (χ3n) is 5.46.